The van der Waals surface area contributed by atoms with E-state index in [4.69, 9.17) is 5.73 Å². The van der Waals surface area contributed by atoms with Gasteiger partial charge < -0.3 is 10.6 Å². The Labute approximate surface area is 123 Å². The van der Waals surface area contributed by atoms with E-state index in [1.165, 1.54) is 43.9 Å². The fraction of sp³-hybridized carbons (Fsp3) is 1.00. The number of likely N-dealkylation sites (tertiary alicyclic amines) is 1. The van der Waals surface area contributed by atoms with E-state index in [1.54, 1.807) is 0 Å². The van der Waals surface area contributed by atoms with Gasteiger partial charge in [0.25, 0.3) is 0 Å². The van der Waals surface area contributed by atoms with Gasteiger partial charge in [0, 0.05) is 37.0 Å². The minimum absolute atomic E-state index is 0.215. The van der Waals surface area contributed by atoms with Crippen LogP contribution in [0, 0.1) is 5.41 Å². The van der Waals surface area contributed by atoms with Crippen LogP contribution in [-0.4, -0.2) is 66.6 Å². The Morgan fingerprint density at radius 3 is 2.37 bits per heavy atom. The first-order chi connectivity index (χ1) is 8.93. The lowest BCUT2D eigenvalue weighted by Gasteiger charge is -2.57. The molecule has 2 heterocycles. The molecule has 2 aliphatic rings. The molecule has 0 aliphatic carbocycles. The second-order valence-corrected chi connectivity index (χ2v) is 8.21. The molecule has 112 valence electrons. The number of piperidine rings is 1. The first-order valence-corrected chi connectivity index (χ1v) is 8.78. The van der Waals surface area contributed by atoms with Gasteiger partial charge in [-0.3, -0.25) is 4.90 Å². The van der Waals surface area contributed by atoms with E-state index in [9.17, 15) is 0 Å². The third-order valence-corrected chi connectivity index (χ3v) is 6.78. The van der Waals surface area contributed by atoms with Gasteiger partial charge in [0.05, 0.1) is 0 Å². The van der Waals surface area contributed by atoms with Crippen molar-refractivity contribution in [1.29, 1.82) is 0 Å². The normalized spacial score (nSPS) is 33.8. The van der Waals surface area contributed by atoms with Gasteiger partial charge in [0.15, 0.2) is 0 Å². The number of hydrogen-bond acceptors (Lipinski definition) is 4. The summed E-state index contributed by atoms with van der Waals surface area (Å²) in [6.07, 6.45) is 3.87. The van der Waals surface area contributed by atoms with Gasteiger partial charge in [-0.2, -0.15) is 11.8 Å². The van der Waals surface area contributed by atoms with E-state index in [0.717, 1.165) is 12.6 Å². The molecule has 1 atom stereocenters. The van der Waals surface area contributed by atoms with E-state index in [1.807, 2.05) is 0 Å². The van der Waals surface area contributed by atoms with Crippen LogP contribution < -0.4 is 5.73 Å². The Morgan fingerprint density at radius 2 is 1.89 bits per heavy atom. The van der Waals surface area contributed by atoms with Crippen LogP contribution in [0.1, 0.15) is 33.1 Å². The van der Waals surface area contributed by atoms with Crippen molar-refractivity contribution >= 4 is 11.8 Å². The predicted octanol–water partition coefficient (Wildman–Crippen LogP) is 1.87. The highest BCUT2D eigenvalue weighted by Crippen LogP contribution is 2.46. The van der Waals surface area contributed by atoms with Crippen molar-refractivity contribution in [3.63, 3.8) is 0 Å². The van der Waals surface area contributed by atoms with E-state index in [2.05, 4.69) is 49.5 Å². The third kappa shape index (κ3) is 2.82. The molecule has 3 nitrogen and oxygen atoms in total. The Kier molecular flexibility index (Phi) is 4.87. The number of thioether (sulfide) groups is 1. The van der Waals surface area contributed by atoms with Gasteiger partial charge in [-0.1, -0.05) is 13.8 Å². The zero-order valence-electron chi connectivity index (χ0n) is 13.1. The summed E-state index contributed by atoms with van der Waals surface area (Å²) in [4.78, 5) is 5.10. The topological polar surface area (TPSA) is 32.5 Å². The monoisotopic (exact) mass is 285 g/mol. The second-order valence-electron chi connectivity index (χ2n) is 7.10. The van der Waals surface area contributed by atoms with Crippen molar-refractivity contribution in [1.82, 2.24) is 9.80 Å². The molecule has 0 radical (unpaired) electrons. The quantitative estimate of drug-likeness (QED) is 0.858. The minimum Gasteiger partial charge on any atom is -0.329 e. The fourth-order valence-electron chi connectivity index (χ4n) is 3.79. The molecule has 2 fully saturated rings. The second kappa shape index (κ2) is 5.92. The van der Waals surface area contributed by atoms with Gasteiger partial charge in [-0.15, -0.1) is 0 Å². The average Bonchev–Trinajstić information content (AvgIpc) is 2.39. The molecule has 0 aromatic carbocycles. The molecule has 2 rings (SSSR count). The molecule has 0 aromatic rings. The van der Waals surface area contributed by atoms with Gasteiger partial charge >= 0.3 is 0 Å². The summed E-state index contributed by atoms with van der Waals surface area (Å²) in [5.41, 5.74) is 6.83. The lowest BCUT2D eigenvalue weighted by molar-refractivity contribution is -0.0228. The largest absolute Gasteiger partial charge is 0.329 e. The molecule has 1 unspecified atom stereocenters. The number of nitrogens with two attached hydrogens (primary N) is 1. The van der Waals surface area contributed by atoms with Crippen LogP contribution in [0.25, 0.3) is 0 Å². The van der Waals surface area contributed by atoms with Gasteiger partial charge in [0.2, 0.25) is 0 Å². The summed E-state index contributed by atoms with van der Waals surface area (Å²) in [5, 5.41) is 0. The molecule has 0 saturated carbocycles. The molecule has 2 saturated heterocycles. The van der Waals surface area contributed by atoms with Crippen LogP contribution in [-0.2, 0) is 0 Å². The highest BCUT2D eigenvalue weighted by Gasteiger charge is 2.50. The Balaban J connectivity index is 2.10. The van der Waals surface area contributed by atoms with Crippen LogP contribution in [0.15, 0.2) is 0 Å². The molecule has 19 heavy (non-hydrogen) atoms. The smallest absolute Gasteiger partial charge is 0.0472 e. The first kappa shape index (κ1) is 15.6. The highest BCUT2D eigenvalue weighted by atomic mass is 32.2. The maximum atomic E-state index is 6.27. The summed E-state index contributed by atoms with van der Waals surface area (Å²) in [7, 11) is 4.42. The lowest BCUT2D eigenvalue weighted by atomic mass is 9.69. The Hall–Kier alpha value is 0.230. The summed E-state index contributed by atoms with van der Waals surface area (Å²) in [6, 6.07) is 0.755. The minimum atomic E-state index is 0.215. The van der Waals surface area contributed by atoms with Crippen LogP contribution in [0.3, 0.4) is 0 Å². The van der Waals surface area contributed by atoms with Crippen molar-refractivity contribution in [2.75, 3.05) is 45.2 Å². The fourth-order valence-corrected chi connectivity index (χ4v) is 5.62. The first-order valence-electron chi connectivity index (χ1n) is 7.62. The maximum absolute atomic E-state index is 6.27. The van der Waals surface area contributed by atoms with Crippen molar-refractivity contribution in [3.05, 3.63) is 0 Å². The SMILES string of the molecule is CN(C)C1CCN(C2(CN)CSCCC2(C)C)CC1. The summed E-state index contributed by atoms with van der Waals surface area (Å²) < 4.78 is 0. The summed E-state index contributed by atoms with van der Waals surface area (Å²) in [6.45, 7) is 8.09. The summed E-state index contributed by atoms with van der Waals surface area (Å²) >= 11 is 2.10. The van der Waals surface area contributed by atoms with Crippen molar-refractivity contribution < 1.29 is 0 Å². The van der Waals surface area contributed by atoms with E-state index >= 15 is 0 Å². The van der Waals surface area contributed by atoms with E-state index in [-0.39, 0.29) is 5.54 Å². The summed E-state index contributed by atoms with van der Waals surface area (Å²) in [5.74, 6) is 2.51. The van der Waals surface area contributed by atoms with E-state index in [0.29, 0.717) is 5.41 Å². The standard InChI is InChI=1S/C15H31N3S/c1-14(2)7-10-19-12-15(14,11-16)18-8-5-13(6-9-18)17(3)4/h13H,5-12,16H2,1-4H3. The molecular formula is C15H31N3S. The van der Waals surface area contributed by atoms with Crippen molar-refractivity contribution in [3.8, 4) is 0 Å². The maximum Gasteiger partial charge on any atom is 0.0472 e. The molecule has 2 N–H and O–H groups in total. The number of hydrogen-bond donors (Lipinski definition) is 1. The number of nitrogens with zero attached hydrogens (tertiary/aromatic N) is 2. The molecule has 0 bridgehead atoms. The lowest BCUT2D eigenvalue weighted by Crippen LogP contribution is -2.67. The Morgan fingerprint density at radius 1 is 1.26 bits per heavy atom. The van der Waals surface area contributed by atoms with Crippen LogP contribution in [0.2, 0.25) is 0 Å². The molecule has 0 aromatic heterocycles. The van der Waals surface area contributed by atoms with Gasteiger partial charge in [-0.05, 0) is 44.5 Å². The van der Waals surface area contributed by atoms with Crippen LogP contribution in [0.4, 0.5) is 0 Å². The molecule has 0 amide bonds. The zero-order valence-corrected chi connectivity index (χ0v) is 13.9. The zero-order chi connectivity index (χ0) is 14.1. The highest BCUT2D eigenvalue weighted by molar-refractivity contribution is 7.99. The molecule has 4 heteroatoms. The van der Waals surface area contributed by atoms with Crippen molar-refractivity contribution in [2.45, 2.75) is 44.7 Å². The van der Waals surface area contributed by atoms with Gasteiger partial charge in [-0.25, -0.2) is 0 Å². The van der Waals surface area contributed by atoms with E-state index < -0.39 is 0 Å². The predicted molar refractivity (Wildman–Crippen MR) is 85.8 cm³/mol. The number of rotatable bonds is 3. The van der Waals surface area contributed by atoms with Gasteiger partial charge in [0.1, 0.15) is 0 Å². The molecule has 0 spiro atoms. The van der Waals surface area contributed by atoms with Crippen molar-refractivity contribution in [2.24, 2.45) is 11.1 Å². The van der Waals surface area contributed by atoms with Crippen LogP contribution >= 0.6 is 11.8 Å². The molecule has 2 aliphatic heterocycles. The molecular weight excluding hydrogens is 254 g/mol. The van der Waals surface area contributed by atoms with Crippen LogP contribution in [0.5, 0.6) is 0 Å². The Bertz CT molecular complexity index is 298. The average molecular weight is 286 g/mol. The third-order valence-electron chi connectivity index (χ3n) is 5.61.